The molecule has 0 unspecified atom stereocenters. The first-order valence-electron chi connectivity index (χ1n) is 11.8. The van der Waals surface area contributed by atoms with Crippen LogP contribution in [0.15, 0.2) is 30.3 Å². The first-order chi connectivity index (χ1) is 14.8. The zero-order valence-electron chi connectivity index (χ0n) is 18.4. The molecule has 1 saturated carbocycles. The van der Waals surface area contributed by atoms with Crippen molar-refractivity contribution in [3.8, 4) is 0 Å². The smallest absolute Gasteiger partial charge is 0.325 e. The van der Waals surface area contributed by atoms with Crippen LogP contribution < -0.4 is 5.73 Å². The van der Waals surface area contributed by atoms with Gasteiger partial charge in [0.25, 0.3) is 0 Å². The van der Waals surface area contributed by atoms with Gasteiger partial charge in [-0.15, -0.1) is 11.3 Å². The number of fused-ring (bicyclic) bond motifs is 1. The lowest BCUT2D eigenvalue weighted by Gasteiger charge is -2.26. The maximum absolute atomic E-state index is 12.7. The Morgan fingerprint density at radius 2 is 1.94 bits per heavy atom. The molecule has 2 aromatic rings. The molecule has 2 N–H and O–H groups in total. The molecule has 3 atom stereocenters. The third-order valence-corrected chi connectivity index (χ3v) is 8.80. The molecule has 5 heteroatoms. The van der Waals surface area contributed by atoms with Crippen molar-refractivity contribution in [3.63, 3.8) is 0 Å². The van der Waals surface area contributed by atoms with Crippen molar-refractivity contribution < 1.29 is 13.2 Å². The Morgan fingerprint density at radius 3 is 2.65 bits per heavy atom. The highest BCUT2D eigenvalue weighted by molar-refractivity contribution is 7.12. The Balaban J connectivity index is 1.24. The highest BCUT2D eigenvalue weighted by Crippen LogP contribution is 2.42. The molecule has 0 radical (unpaired) electrons. The zero-order valence-corrected chi connectivity index (χ0v) is 19.3. The summed E-state index contributed by atoms with van der Waals surface area (Å²) >= 11 is 0.897. The molecule has 170 valence electrons. The number of halogens is 3. The highest BCUT2D eigenvalue weighted by atomic mass is 32.1. The monoisotopic (exact) mass is 449 g/mol. The molecular weight excluding hydrogens is 415 g/mol. The van der Waals surface area contributed by atoms with E-state index in [4.69, 9.17) is 5.73 Å². The van der Waals surface area contributed by atoms with Crippen LogP contribution in [0.5, 0.6) is 0 Å². The summed E-state index contributed by atoms with van der Waals surface area (Å²) in [6.45, 7) is 2.20. The van der Waals surface area contributed by atoms with E-state index in [-0.39, 0.29) is 5.54 Å². The Morgan fingerprint density at radius 1 is 1.10 bits per heavy atom. The second-order valence-corrected chi connectivity index (χ2v) is 11.0. The van der Waals surface area contributed by atoms with Crippen LogP contribution in [0.1, 0.15) is 90.7 Å². The summed E-state index contributed by atoms with van der Waals surface area (Å²) < 4.78 is 38.2. The number of nitrogens with two attached hydrogens (primary N) is 1. The minimum absolute atomic E-state index is 0.0308. The van der Waals surface area contributed by atoms with Crippen molar-refractivity contribution in [1.82, 2.24) is 0 Å². The predicted molar refractivity (Wildman–Crippen MR) is 123 cm³/mol. The van der Waals surface area contributed by atoms with Gasteiger partial charge in [0.2, 0.25) is 0 Å². The summed E-state index contributed by atoms with van der Waals surface area (Å²) in [4.78, 5) is 0.375. The van der Waals surface area contributed by atoms with Gasteiger partial charge in [-0.3, -0.25) is 0 Å². The summed E-state index contributed by atoms with van der Waals surface area (Å²) in [5.74, 6) is 1.32. The fraction of sp³-hybridized carbons (Fsp3) is 0.615. The van der Waals surface area contributed by atoms with Gasteiger partial charge in [0.1, 0.15) is 4.88 Å². The molecule has 0 bridgehead atoms. The molecule has 0 aliphatic heterocycles. The quantitative estimate of drug-likeness (QED) is 0.431. The summed E-state index contributed by atoms with van der Waals surface area (Å²) in [5.41, 5.74) is 11.0. The summed E-state index contributed by atoms with van der Waals surface area (Å²) in [5, 5.41) is 0. The SMILES string of the molecule is CC[C@@]1(N)CC[C@H](c2ccc3c(c2)CC[C@@H](CCCCc2ccc(C(F)(F)F)s2)C3)C1. The zero-order chi connectivity index (χ0) is 22.1. The van der Waals surface area contributed by atoms with Gasteiger partial charge in [0.15, 0.2) is 0 Å². The molecule has 1 aromatic carbocycles. The van der Waals surface area contributed by atoms with E-state index < -0.39 is 11.1 Å². The van der Waals surface area contributed by atoms with Crippen molar-refractivity contribution in [1.29, 1.82) is 0 Å². The molecule has 31 heavy (non-hydrogen) atoms. The van der Waals surface area contributed by atoms with Gasteiger partial charge in [0.05, 0.1) is 0 Å². The molecule has 0 spiro atoms. The molecule has 2 aliphatic carbocycles. The molecule has 1 heterocycles. The van der Waals surface area contributed by atoms with E-state index in [2.05, 4.69) is 25.1 Å². The average molecular weight is 450 g/mol. The maximum Gasteiger partial charge on any atom is 0.425 e. The van der Waals surface area contributed by atoms with Gasteiger partial charge in [-0.2, -0.15) is 13.2 Å². The molecule has 2 aliphatic rings. The Bertz CT molecular complexity index is 887. The lowest BCUT2D eigenvalue weighted by Crippen LogP contribution is -2.35. The third kappa shape index (κ3) is 5.54. The van der Waals surface area contributed by atoms with Crippen molar-refractivity contribution in [2.24, 2.45) is 11.7 Å². The van der Waals surface area contributed by atoms with E-state index in [1.165, 1.54) is 42.0 Å². The van der Waals surface area contributed by atoms with Crippen LogP contribution in [0.2, 0.25) is 0 Å². The first kappa shape index (κ1) is 22.8. The molecule has 1 aromatic heterocycles. The van der Waals surface area contributed by atoms with E-state index >= 15 is 0 Å². The standard InChI is InChI=1S/C26H34F3NS/c1-2-25(30)14-13-22(17-25)21-10-9-19-15-18(7-8-20(19)16-21)5-3-4-6-23-11-12-24(31-23)26(27,28)29/h9-12,16,18,22H,2-8,13-15,17,30H2,1H3/t18-,22+,25-/m1/s1. The van der Waals surface area contributed by atoms with E-state index in [0.717, 1.165) is 67.6 Å². The fourth-order valence-corrected chi connectivity index (χ4v) is 6.43. The van der Waals surface area contributed by atoms with E-state index in [9.17, 15) is 13.2 Å². The third-order valence-electron chi connectivity index (χ3n) is 7.61. The average Bonchev–Trinajstić information content (AvgIpc) is 3.38. The summed E-state index contributed by atoms with van der Waals surface area (Å²) in [6, 6.07) is 9.99. The van der Waals surface area contributed by atoms with Gasteiger partial charge in [0, 0.05) is 10.4 Å². The van der Waals surface area contributed by atoms with Crippen LogP contribution in [0.3, 0.4) is 0 Å². The van der Waals surface area contributed by atoms with Crippen molar-refractivity contribution in [2.75, 3.05) is 0 Å². The molecule has 4 rings (SSSR count). The second kappa shape index (κ2) is 9.27. The van der Waals surface area contributed by atoms with Crippen LogP contribution in [-0.4, -0.2) is 5.54 Å². The second-order valence-electron chi connectivity index (χ2n) is 9.80. The van der Waals surface area contributed by atoms with Gasteiger partial charge in [-0.1, -0.05) is 38.0 Å². The molecule has 1 fully saturated rings. The Kier molecular flexibility index (Phi) is 6.83. The van der Waals surface area contributed by atoms with Gasteiger partial charge in [-0.25, -0.2) is 0 Å². The van der Waals surface area contributed by atoms with Crippen molar-refractivity contribution >= 4 is 11.3 Å². The maximum atomic E-state index is 12.7. The van der Waals surface area contributed by atoms with Crippen molar-refractivity contribution in [2.45, 2.75) is 95.2 Å². The number of unbranched alkanes of at least 4 members (excludes halogenated alkanes) is 1. The first-order valence-corrected chi connectivity index (χ1v) is 12.6. The van der Waals surface area contributed by atoms with E-state index in [0.29, 0.717) is 11.8 Å². The number of aryl methyl sites for hydroxylation is 2. The van der Waals surface area contributed by atoms with Crippen LogP contribution in [0.25, 0.3) is 0 Å². The Hall–Kier alpha value is -1.33. The largest absolute Gasteiger partial charge is 0.425 e. The number of thiophene rings is 1. The summed E-state index contributed by atoms with van der Waals surface area (Å²) in [6.07, 6.45) is 7.84. The van der Waals surface area contributed by atoms with Gasteiger partial charge >= 0.3 is 6.18 Å². The normalized spacial score (nSPS) is 26.2. The van der Waals surface area contributed by atoms with E-state index in [1.807, 2.05) is 0 Å². The number of benzene rings is 1. The fourth-order valence-electron chi connectivity index (χ4n) is 5.51. The number of hydrogen-bond donors (Lipinski definition) is 1. The number of rotatable bonds is 7. The van der Waals surface area contributed by atoms with Gasteiger partial charge in [-0.05, 0) is 98.4 Å². The van der Waals surface area contributed by atoms with Crippen LogP contribution in [0, 0.1) is 5.92 Å². The minimum Gasteiger partial charge on any atom is -0.325 e. The summed E-state index contributed by atoms with van der Waals surface area (Å²) in [7, 11) is 0. The van der Waals surface area contributed by atoms with Crippen molar-refractivity contribution in [3.05, 3.63) is 56.8 Å². The van der Waals surface area contributed by atoms with E-state index in [1.54, 1.807) is 6.07 Å². The molecule has 0 amide bonds. The molecule has 0 saturated heterocycles. The lowest BCUT2D eigenvalue weighted by atomic mass is 9.79. The molecular formula is C26H34F3NS. The molecule has 1 nitrogen and oxygen atoms in total. The number of hydrogen-bond acceptors (Lipinski definition) is 2. The topological polar surface area (TPSA) is 26.0 Å². The van der Waals surface area contributed by atoms with Gasteiger partial charge < -0.3 is 5.73 Å². The predicted octanol–water partition coefficient (Wildman–Crippen LogP) is 7.66. The Labute approximate surface area is 188 Å². The minimum atomic E-state index is -4.21. The number of alkyl halides is 3. The highest BCUT2D eigenvalue weighted by Gasteiger charge is 2.35. The van der Waals surface area contributed by atoms with Crippen LogP contribution >= 0.6 is 11.3 Å². The van der Waals surface area contributed by atoms with Crippen LogP contribution in [0.4, 0.5) is 13.2 Å². The van der Waals surface area contributed by atoms with Crippen LogP contribution in [-0.2, 0) is 25.4 Å². The lowest BCUT2D eigenvalue weighted by molar-refractivity contribution is -0.134.